The van der Waals surface area contributed by atoms with Gasteiger partial charge in [-0.15, -0.1) is 0 Å². The molecule has 0 aliphatic rings. The Morgan fingerprint density at radius 2 is 0.971 bits per heavy atom. The Kier molecular flexibility index (Phi) is 54.5. The molecule has 0 spiro atoms. The van der Waals surface area contributed by atoms with Crippen LogP contribution in [0.3, 0.4) is 0 Å². The summed E-state index contributed by atoms with van der Waals surface area (Å²) in [6, 6.07) is 0.863. The van der Waals surface area contributed by atoms with Crippen LogP contribution in [0.1, 0.15) is 34.1 Å². The van der Waals surface area contributed by atoms with Crippen LogP contribution >= 0.6 is 0 Å². The molecule has 0 aromatic rings. The van der Waals surface area contributed by atoms with Crippen molar-refractivity contribution in [3.05, 3.63) is 0 Å². The largest absolute Gasteiger partial charge is 0.329 e. The number of nitrogens with one attached hydrogen (secondary N) is 2. The Balaban J connectivity index is -0.0000000783. The van der Waals surface area contributed by atoms with Crippen molar-refractivity contribution in [1.82, 2.24) is 6.83 Å². The Bertz CT molecular complexity index is 413. The molecule has 0 aliphatic heterocycles. The molecule has 0 atom stereocenters. The molecular formula is C18H45GdN4O11Si. The molecule has 17 heteroatoms. The SMILES string of the molecule is CC(=O)O.CC(=O)O.CC(=O)O.CC(=O)O.CO[Si](CCC[NH][Gd])(OC)OC.NCCNCCN. The van der Waals surface area contributed by atoms with E-state index in [9.17, 15) is 0 Å². The van der Waals surface area contributed by atoms with E-state index in [-0.39, 0.29) is 0 Å². The van der Waals surface area contributed by atoms with E-state index in [1.807, 2.05) is 0 Å². The molecule has 10 N–H and O–H groups in total. The fourth-order valence-electron chi connectivity index (χ4n) is 1.25. The van der Waals surface area contributed by atoms with Crippen LogP contribution in [0.15, 0.2) is 0 Å². The van der Waals surface area contributed by atoms with E-state index in [0.717, 1.165) is 59.8 Å². The fourth-order valence-corrected chi connectivity index (χ4v) is 3.38. The summed E-state index contributed by atoms with van der Waals surface area (Å²) in [5.74, 6) is -3.33. The van der Waals surface area contributed by atoms with E-state index in [0.29, 0.717) is 13.1 Å². The minimum atomic E-state index is -2.29. The Morgan fingerprint density at radius 1 is 0.714 bits per heavy atom. The number of carbonyl (C=O) groups is 4. The number of hydrogen-bond acceptors (Lipinski definition) is 11. The molecule has 15 nitrogen and oxygen atoms in total. The molecule has 0 amide bonds. The van der Waals surface area contributed by atoms with Crippen molar-refractivity contribution in [3.63, 3.8) is 0 Å². The number of carboxylic acids is 4. The topological polar surface area (TPSA) is 253 Å². The first-order chi connectivity index (χ1) is 16.1. The van der Waals surface area contributed by atoms with Crippen molar-refractivity contribution >= 4 is 32.7 Å². The quantitative estimate of drug-likeness (QED) is 0.0980. The first kappa shape index (κ1) is 47.4. The van der Waals surface area contributed by atoms with Gasteiger partial charge in [0.2, 0.25) is 0 Å². The second kappa shape index (κ2) is 40.3. The van der Waals surface area contributed by atoms with Gasteiger partial charge in [0, 0.05) is 53.9 Å². The van der Waals surface area contributed by atoms with Gasteiger partial charge in [0.15, 0.2) is 0 Å². The summed E-state index contributed by atoms with van der Waals surface area (Å²) < 4.78 is 18.9. The van der Waals surface area contributed by atoms with E-state index >= 15 is 0 Å². The van der Waals surface area contributed by atoms with E-state index in [1.54, 1.807) is 59.6 Å². The Labute approximate surface area is 235 Å². The number of nitrogens with two attached hydrogens (primary N) is 2. The van der Waals surface area contributed by atoms with Crippen LogP contribution in [-0.2, 0) is 32.5 Å². The summed E-state index contributed by atoms with van der Waals surface area (Å²) in [5.41, 5.74) is 10.3. The molecule has 0 bridgehead atoms. The summed E-state index contributed by atoms with van der Waals surface area (Å²) in [5, 5.41) is 32.7. The Hall–Kier alpha value is -0.858. The summed E-state index contributed by atoms with van der Waals surface area (Å²) >= 11 is 1.75. The zero-order valence-electron chi connectivity index (χ0n) is 21.6. The van der Waals surface area contributed by atoms with Crippen molar-refractivity contribution < 1.29 is 91.2 Å². The van der Waals surface area contributed by atoms with E-state index in [2.05, 4.69) is 6.83 Å². The van der Waals surface area contributed by atoms with Crippen molar-refractivity contribution in [2.24, 2.45) is 11.5 Å². The van der Waals surface area contributed by atoms with E-state index in [4.69, 9.17) is 64.3 Å². The van der Waals surface area contributed by atoms with Gasteiger partial charge in [0.25, 0.3) is 23.9 Å². The zero-order valence-corrected chi connectivity index (χ0v) is 24.9. The average Bonchev–Trinajstić information content (AvgIpc) is 2.71. The first-order valence-electron chi connectivity index (χ1n) is 9.96. The van der Waals surface area contributed by atoms with Gasteiger partial charge in [0.1, 0.15) is 0 Å². The fraction of sp³-hybridized carbons (Fsp3) is 0.778. The average molecular weight is 679 g/mol. The first-order valence-corrected chi connectivity index (χ1v) is 13.0. The molecule has 35 heavy (non-hydrogen) atoms. The molecule has 0 aromatic carbocycles. The van der Waals surface area contributed by atoms with Crippen molar-refractivity contribution in [2.75, 3.05) is 54.1 Å². The van der Waals surface area contributed by atoms with Crippen LogP contribution in [0.25, 0.3) is 0 Å². The molecule has 0 rings (SSSR count). The standard InChI is InChI=1S/C6H16NO3Si.C4H13N3.4C2H4O2.Gd/c1-8-11(9-2,10-3)6-4-5-7;5-1-3-7-4-2-6;4*1-2(3)4;/h7H,4-6H2,1-3H3;7H,1-6H2;4*1H3,(H,3,4);/q-1;;;;;;+1. The molecule has 0 heterocycles. The van der Waals surface area contributed by atoms with Gasteiger partial charge >= 0.3 is 102 Å². The molecule has 0 aliphatic carbocycles. The van der Waals surface area contributed by atoms with E-state index < -0.39 is 32.7 Å². The maximum Gasteiger partial charge on any atom is 0.00750 e. The molecule has 0 fully saturated rings. The van der Waals surface area contributed by atoms with Crippen molar-refractivity contribution in [1.29, 1.82) is 0 Å². The second-order valence-corrected chi connectivity index (χ2v) is 9.57. The number of carboxylic acid groups (broad SMARTS) is 4. The van der Waals surface area contributed by atoms with Crippen LogP contribution in [0.4, 0.5) is 0 Å². The van der Waals surface area contributed by atoms with Crippen molar-refractivity contribution in [3.8, 4) is 0 Å². The van der Waals surface area contributed by atoms with Gasteiger partial charge in [0.05, 0.1) is 0 Å². The molecule has 0 saturated carbocycles. The summed E-state index contributed by atoms with van der Waals surface area (Å²) in [7, 11) is 2.63. The van der Waals surface area contributed by atoms with Gasteiger partial charge in [-0.1, -0.05) is 0 Å². The maximum absolute atomic E-state index is 9.00. The second-order valence-electron chi connectivity index (χ2n) is 5.68. The predicted molar refractivity (Wildman–Crippen MR) is 128 cm³/mol. The van der Waals surface area contributed by atoms with Crippen molar-refractivity contribution in [2.45, 2.75) is 40.2 Å². The van der Waals surface area contributed by atoms with Gasteiger partial charge in [-0.3, -0.25) is 19.2 Å². The number of rotatable bonds is 11. The van der Waals surface area contributed by atoms with Crippen LogP contribution in [0, 0.1) is 38.3 Å². The third-order valence-corrected chi connectivity index (χ3v) is 5.72. The zero-order chi connectivity index (χ0) is 29.3. The van der Waals surface area contributed by atoms with Gasteiger partial charge < -0.3 is 37.2 Å². The monoisotopic (exact) mass is 679 g/mol. The third kappa shape index (κ3) is 97.7. The van der Waals surface area contributed by atoms with Crippen LogP contribution in [-0.4, -0.2) is 107 Å². The van der Waals surface area contributed by atoms with Gasteiger partial charge in [-0.05, 0) is 0 Å². The molecule has 0 aromatic heterocycles. The molecule has 0 saturated heterocycles. The minimum Gasteiger partial charge on any atom is -0.329 e. The number of aliphatic carboxylic acids is 4. The maximum atomic E-state index is 9.00. The minimum absolute atomic E-state index is 0.694. The van der Waals surface area contributed by atoms with Crippen LogP contribution < -0.4 is 18.3 Å². The summed E-state index contributed by atoms with van der Waals surface area (Å²) in [6.45, 7) is 8.44. The normalized spacial score (nSPS) is 8.86. The van der Waals surface area contributed by atoms with Gasteiger partial charge in [-0.2, -0.15) is 0 Å². The molecule has 0 unspecified atom stereocenters. The van der Waals surface area contributed by atoms with Crippen LogP contribution in [0.2, 0.25) is 6.04 Å². The summed E-state index contributed by atoms with van der Waals surface area (Å²) in [4.78, 5) is 36.0. The number of hydrogen-bond donors (Lipinski definition) is 8. The predicted octanol–water partition coefficient (Wildman–Crippen LogP) is -0.834. The molecular weight excluding hydrogens is 634 g/mol. The van der Waals surface area contributed by atoms with E-state index in [1.165, 1.54) is 0 Å². The third-order valence-electron chi connectivity index (χ3n) is 2.32. The Morgan fingerprint density at radius 3 is 1.14 bits per heavy atom. The molecule has 0 radical (unpaired) electrons. The van der Waals surface area contributed by atoms with Gasteiger partial charge in [-0.25, -0.2) is 0 Å². The van der Waals surface area contributed by atoms with Crippen LogP contribution in [0.5, 0.6) is 0 Å². The molecule has 215 valence electrons. The summed E-state index contributed by atoms with van der Waals surface area (Å²) in [6.07, 6.45) is 1.02. The smallest absolute Gasteiger partial charge is 0.00750 e.